The predicted octanol–water partition coefficient (Wildman–Crippen LogP) is 3.63. The molecule has 0 spiro atoms. The molecule has 0 saturated carbocycles. The minimum Gasteiger partial charge on any atom is -0.466 e. The van der Waals surface area contributed by atoms with Gasteiger partial charge < -0.3 is 15.0 Å². The summed E-state index contributed by atoms with van der Waals surface area (Å²) in [6, 6.07) is 3.42. The molecule has 1 saturated heterocycles. The Kier molecular flexibility index (Phi) is 8.76. The molecule has 0 unspecified atom stereocenters. The molecule has 3 rings (SSSR count). The Morgan fingerprint density at radius 1 is 1.17 bits per heavy atom. The molecule has 1 fully saturated rings. The second kappa shape index (κ2) is 11.6. The highest BCUT2D eigenvalue weighted by molar-refractivity contribution is 7.15. The van der Waals surface area contributed by atoms with Crippen LogP contribution in [0.4, 0.5) is 9.93 Å². The van der Waals surface area contributed by atoms with Gasteiger partial charge in [-0.15, -0.1) is 10.2 Å². The first kappa shape index (κ1) is 26.5. The van der Waals surface area contributed by atoms with Gasteiger partial charge in [-0.1, -0.05) is 32.1 Å². The topological polar surface area (TPSA) is 126 Å². The molecule has 1 aliphatic rings. The Bertz CT molecular complexity index is 1060. The van der Waals surface area contributed by atoms with Gasteiger partial charge in [-0.25, -0.2) is 4.79 Å². The summed E-state index contributed by atoms with van der Waals surface area (Å²) in [6.07, 6.45) is 1.53. The average molecular weight is 503 g/mol. The lowest BCUT2D eigenvalue weighted by Crippen LogP contribution is -2.44. The van der Waals surface area contributed by atoms with E-state index in [9.17, 15) is 14.4 Å². The van der Waals surface area contributed by atoms with E-state index in [-0.39, 0.29) is 42.2 Å². The molecule has 0 atom stereocenters. The van der Waals surface area contributed by atoms with Gasteiger partial charge in [-0.3, -0.25) is 19.9 Å². The number of aryl methyl sites for hydroxylation is 1. The van der Waals surface area contributed by atoms with Crippen molar-refractivity contribution >= 4 is 34.4 Å². The molecule has 2 aromatic rings. The van der Waals surface area contributed by atoms with Crippen LogP contribution in [0.1, 0.15) is 79.6 Å². The van der Waals surface area contributed by atoms with Crippen molar-refractivity contribution in [3.8, 4) is 0 Å². The van der Waals surface area contributed by atoms with E-state index in [2.05, 4.69) is 20.8 Å². The smallest absolute Gasteiger partial charge is 0.317 e. The highest BCUT2D eigenvalue weighted by Crippen LogP contribution is 2.31. The first-order valence-corrected chi connectivity index (χ1v) is 12.7. The number of rotatable bonds is 7. The average Bonchev–Trinajstić information content (AvgIpc) is 3.28. The molecule has 2 aromatic heterocycles. The van der Waals surface area contributed by atoms with Gasteiger partial charge >= 0.3 is 12.0 Å². The summed E-state index contributed by atoms with van der Waals surface area (Å²) in [6.45, 7) is 11.4. The van der Waals surface area contributed by atoms with Crippen LogP contribution in [0.3, 0.4) is 0 Å². The number of aromatic nitrogens is 3. The van der Waals surface area contributed by atoms with Crippen molar-refractivity contribution in [3.05, 3.63) is 34.1 Å². The number of esters is 1. The number of pyridine rings is 1. The number of hydrogen-bond acceptors (Lipinski definition) is 8. The largest absolute Gasteiger partial charge is 0.466 e. The third-order valence-corrected chi connectivity index (χ3v) is 6.94. The molecule has 2 N–H and O–H groups in total. The van der Waals surface area contributed by atoms with Gasteiger partial charge in [0.05, 0.1) is 24.3 Å². The standard InChI is InChI=1S/C24H34N6O4S/c1-6-34-18(31)9-12-25-23(33)30-13-10-16(11-14-30)19-17(8-7-15(2)26-19)20(32)27-22-29-28-21(35-22)24(3,4)5/h7-8,16H,6,9-14H2,1-5H3,(H,25,33)(H,27,29,32). The molecule has 190 valence electrons. The second-order valence-corrected chi connectivity index (χ2v) is 10.5. The van der Waals surface area contributed by atoms with Gasteiger partial charge in [0, 0.05) is 36.7 Å². The number of carbonyl (C=O) groups is 3. The fourth-order valence-electron chi connectivity index (χ4n) is 3.79. The predicted molar refractivity (Wildman–Crippen MR) is 134 cm³/mol. The van der Waals surface area contributed by atoms with Crippen LogP contribution < -0.4 is 10.6 Å². The van der Waals surface area contributed by atoms with Gasteiger partial charge in [0.15, 0.2) is 0 Å². The van der Waals surface area contributed by atoms with Crippen LogP contribution in [-0.2, 0) is 14.9 Å². The van der Waals surface area contributed by atoms with Crippen molar-refractivity contribution in [3.63, 3.8) is 0 Å². The van der Waals surface area contributed by atoms with E-state index >= 15 is 0 Å². The maximum absolute atomic E-state index is 13.1. The molecular weight excluding hydrogens is 468 g/mol. The summed E-state index contributed by atoms with van der Waals surface area (Å²) in [5, 5.41) is 15.3. The summed E-state index contributed by atoms with van der Waals surface area (Å²) in [4.78, 5) is 43.4. The fourth-order valence-corrected chi connectivity index (χ4v) is 4.59. The number of piperidine rings is 1. The Hall–Kier alpha value is -3.08. The zero-order chi connectivity index (χ0) is 25.6. The van der Waals surface area contributed by atoms with E-state index in [1.807, 2.05) is 33.8 Å². The third-order valence-electron chi connectivity index (χ3n) is 5.68. The first-order chi connectivity index (χ1) is 16.6. The number of amides is 3. The molecule has 10 nitrogen and oxygen atoms in total. The monoisotopic (exact) mass is 502 g/mol. The third kappa shape index (κ3) is 7.20. The minimum atomic E-state index is -0.328. The van der Waals surface area contributed by atoms with Crippen molar-refractivity contribution in [2.45, 2.75) is 65.2 Å². The van der Waals surface area contributed by atoms with Crippen molar-refractivity contribution in [2.75, 3.05) is 31.6 Å². The van der Waals surface area contributed by atoms with E-state index in [1.54, 1.807) is 17.9 Å². The van der Waals surface area contributed by atoms with Crippen LogP contribution in [0.2, 0.25) is 0 Å². The molecule has 0 bridgehead atoms. The molecular formula is C24H34N6O4S. The van der Waals surface area contributed by atoms with E-state index < -0.39 is 0 Å². The quantitative estimate of drug-likeness (QED) is 0.554. The molecule has 3 heterocycles. The Morgan fingerprint density at radius 3 is 2.51 bits per heavy atom. The van der Waals surface area contributed by atoms with E-state index in [0.717, 1.165) is 16.4 Å². The van der Waals surface area contributed by atoms with Gasteiger partial charge in [0.2, 0.25) is 5.13 Å². The van der Waals surface area contributed by atoms with Crippen molar-refractivity contribution in [2.24, 2.45) is 0 Å². The number of nitrogens with one attached hydrogen (secondary N) is 2. The number of likely N-dealkylation sites (tertiary alicyclic amines) is 1. The molecule has 11 heteroatoms. The Balaban J connectivity index is 1.61. The summed E-state index contributed by atoms with van der Waals surface area (Å²) in [7, 11) is 0. The van der Waals surface area contributed by atoms with Crippen LogP contribution in [0.15, 0.2) is 12.1 Å². The fraction of sp³-hybridized carbons (Fsp3) is 0.583. The van der Waals surface area contributed by atoms with Crippen molar-refractivity contribution in [1.29, 1.82) is 0 Å². The lowest BCUT2D eigenvalue weighted by atomic mass is 9.90. The molecule has 0 aliphatic carbocycles. The highest BCUT2D eigenvalue weighted by Gasteiger charge is 2.28. The first-order valence-electron chi connectivity index (χ1n) is 11.9. The Morgan fingerprint density at radius 2 is 1.89 bits per heavy atom. The van der Waals surface area contributed by atoms with Gasteiger partial charge in [-0.2, -0.15) is 0 Å². The number of hydrogen-bond donors (Lipinski definition) is 2. The van der Waals surface area contributed by atoms with Gasteiger partial charge in [-0.05, 0) is 38.8 Å². The van der Waals surface area contributed by atoms with Crippen molar-refractivity contribution in [1.82, 2.24) is 25.4 Å². The maximum atomic E-state index is 13.1. The summed E-state index contributed by atoms with van der Waals surface area (Å²) in [5.41, 5.74) is 1.95. The zero-order valence-corrected chi connectivity index (χ0v) is 21.8. The van der Waals surface area contributed by atoms with E-state index in [4.69, 9.17) is 9.72 Å². The lowest BCUT2D eigenvalue weighted by molar-refractivity contribution is -0.142. The van der Waals surface area contributed by atoms with Crippen LogP contribution in [0, 0.1) is 6.92 Å². The lowest BCUT2D eigenvalue weighted by Gasteiger charge is -2.32. The summed E-state index contributed by atoms with van der Waals surface area (Å²) < 4.78 is 4.88. The maximum Gasteiger partial charge on any atom is 0.317 e. The highest BCUT2D eigenvalue weighted by atomic mass is 32.1. The summed E-state index contributed by atoms with van der Waals surface area (Å²) in [5.74, 6) is -0.534. The number of urea groups is 1. The SMILES string of the molecule is CCOC(=O)CCNC(=O)N1CCC(c2nc(C)ccc2C(=O)Nc2nnc(C(C)(C)C)s2)CC1. The van der Waals surface area contributed by atoms with Crippen LogP contribution >= 0.6 is 11.3 Å². The molecule has 0 aromatic carbocycles. The molecule has 1 aliphatic heterocycles. The normalized spacial score (nSPS) is 14.5. The molecule has 0 radical (unpaired) electrons. The Labute approximate surface area is 209 Å². The second-order valence-electron chi connectivity index (χ2n) is 9.55. The van der Waals surface area contributed by atoms with Crippen LogP contribution in [0.25, 0.3) is 0 Å². The molecule has 35 heavy (non-hydrogen) atoms. The number of carbonyl (C=O) groups excluding carboxylic acids is 3. The van der Waals surface area contributed by atoms with Gasteiger partial charge in [0.1, 0.15) is 5.01 Å². The molecule has 3 amide bonds. The zero-order valence-electron chi connectivity index (χ0n) is 21.0. The van der Waals surface area contributed by atoms with Gasteiger partial charge in [0.25, 0.3) is 5.91 Å². The van der Waals surface area contributed by atoms with E-state index in [0.29, 0.717) is 43.2 Å². The number of anilines is 1. The number of nitrogens with zero attached hydrogens (tertiary/aromatic N) is 4. The van der Waals surface area contributed by atoms with Crippen LogP contribution in [0.5, 0.6) is 0 Å². The van der Waals surface area contributed by atoms with Crippen molar-refractivity contribution < 1.29 is 19.1 Å². The number of ether oxygens (including phenoxy) is 1. The summed E-state index contributed by atoms with van der Waals surface area (Å²) >= 11 is 1.37. The van der Waals surface area contributed by atoms with Crippen LogP contribution in [-0.4, -0.2) is 64.2 Å². The minimum absolute atomic E-state index is 0.0544. The van der Waals surface area contributed by atoms with E-state index in [1.165, 1.54) is 11.3 Å².